The van der Waals surface area contributed by atoms with E-state index in [1.165, 1.54) is 0 Å². The highest BCUT2D eigenvalue weighted by molar-refractivity contribution is 5.94. The Hall–Kier alpha value is -2.74. The van der Waals surface area contributed by atoms with Gasteiger partial charge in [-0.25, -0.2) is 0 Å². The lowest BCUT2D eigenvalue weighted by atomic mass is 9.78. The smallest absolute Gasteiger partial charge is 0.251 e. The number of rotatable bonds is 4. The molecule has 2 aromatic rings. The van der Waals surface area contributed by atoms with E-state index in [0.29, 0.717) is 24.6 Å². The molecule has 2 bridgehead atoms. The minimum atomic E-state index is -0.102. The number of aromatic nitrogens is 3. The molecule has 8 heteroatoms. The van der Waals surface area contributed by atoms with Crippen LogP contribution in [0.5, 0.6) is 0 Å². The first-order valence-corrected chi connectivity index (χ1v) is 9.94. The zero-order chi connectivity index (χ0) is 19.1. The summed E-state index contributed by atoms with van der Waals surface area (Å²) >= 11 is 0. The van der Waals surface area contributed by atoms with Gasteiger partial charge >= 0.3 is 0 Å². The third-order valence-corrected chi connectivity index (χ3v) is 6.35. The molecule has 6 rings (SSSR count). The third-order valence-electron chi connectivity index (χ3n) is 6.35. The number of hydrogen-bond donors (Lipinski definition) is 1. The van der Waals surface area contributed by atoms with Crippen molar-refractivity contribution in [3.05, 3.63) is 42.5 Å². The molecule has 28 heavy (non-hydrogen) atoms. The molecule has 146 valence electrons. The molecule has 0 spiro atoms. The van der Waals surface area contributed by atoms with Gasteiger partial charge in [0.2, 0.25) is 5.91 Å². The van der Waals surface area contributed by atoms with E-state index in [1.807, 2.05) is 17.0 Å². The molecule has 4 fully saturated rings. The molecule has 4 aliphatic heterocycles. The number of nitrogens with zero attached hydrogens (tertiary/aromatic N) is 5. The number of amides is 2. The summed E-state index contributed by atoms with van der Waals surface area (Å²) < 4.78 is 1.78. The fraction of sp³-hybridized carbons (Fsp3) is 0.500. The SMILES string of the molecule is O=C(NC1CN(C(=O)C2CN3CCC2CC3)C1)c1ccc(-n2cnnc2)cc1. The minimum absolute atomic E-state index is 0.0371. The van der Waals surface area contributed by atoms with Crippen LogP contribution in [0.15, 0.2) is 36.9 Å². The quantitative estimate of drug-likeness (QED) is 0.838. The maximum Gasteiger partial charge on any atom is 0.251 e. The maximum absolute atomic E-state index is 12.8. The lowest BCUT2D eigenvalue weighted by molar-refractivity contribution is -0.146. The standard InChI is InChI=1S/C20H24N6O2/c27-19(15-1-3-17(4-2-15)26-12-21-22-13-26)23-16-9-25(10-16)20(28)18-11-24-7-5-14(18)6-8-24/h1-4,12-14,16,18H,5-11H2,(H,23,27). The van der Waals surface area contributed by atoms with E-state index in [-0.39, 0.29) is 23.8 Å². The number of likely N-dealkylation sites (tertiary alicyclic amines) is 1. The fourth-order valence-corrected chi connectivity index (χ4v) is 4.62. The molecular formula is C20H24N6O2. The fourth-order valence-electron chi connectivity index (χ4n) is 4.62. The third kappa shape index (κ3) is 3.17. The summed E-state index contributed by atoms with van der Waals surface area (Å²) in [5.41, 5.74) is 1.51. The number of carbonyl (C=O) groups excluding carboxylic acids is 2. The van der Waals surface area contributed by atoms with Crippen LogP contribution in [-0.2, 0) is 4.79 Å². The highest BCUT2D eigenvalue weighted by atomic mass is 16.2. The van der Waals surface area contributed by atoms with E-state index in [2.05, 4.69) is 20.4 Å². The molecule has 1 unspecified atom stereocenters. The molecule has 0 radical (unpaired) electrons. The predicted molar refractivity (Wildman–Crippen MR) is 102 cm³/mol. The van der Waals surface area contributed by atoms with Gasteiger partial charge in [-0.3, -0.25) is 14.2 Å². The molecule has 8 nitrogen and oxygen atoms in total. The van der Waals surface area contributed by atoms with Crippen molar-refractivity contribution in [3.8, 4) is 5.69 Å². The number of benzene rings is 1. The van der Waals surface area contributed by atoms with Gasteiger partial charge in [-0.1, -0.05) is 0 Å². The normalized spacial score (nSPS) is 26.7. The largest absolute Gasteiger partial charge is 0.346 e. The first-order valence-electron chi connectivity index (χ1n) is 9.94. The van der Waals surface area contributed by atoms with Crippen molar-refractivity contribution in [2.45, 2.75) is 18.9 Å². The summed E-state index contributed by atoms with van der Waals surface area (Å²) in [5, 5.41) is 10.6. The van der Waals surface area contributed by atoms with Crippen molar-refractivity contribution in [1.82, 2.24) is 29.9 Å². The summed E-state index contributed by atoms with van der Waals surface area (Å²) in [6.07, 6.45) is 5.53. The molecule has 2 amide bonds. The van der Waals surface area contributed by atoms with Crippen molar-refractivity contribution >= 4 is 11.8 Å². The summed E-state index contributed by atoms with van der Waals surface area (Å²) in [4.78, 5) is 29.6. The number of hydrogen-bond acceptors (Lipinski definition) is 5. The van der Waals surface area contributed by atoms with Gasteiger partial charge in [-0.2, -0.15) is 0 Å². The van der Waals surface area contributed by atoms with Gasteiger partial charge in [-0.15, -0.1) is 10.2 Å². The van der Waals surface area contributed by atoms with Gasteiger partial charge in [0.15, 0.2) is 0 Å². The van der Waals surface area contributed by atoms with Gasteiger partial charge < -0.3 is 15.1 Å². The zero-order valence-electron chi connectivity index (χ0n) is 15.7. The van der Waals surface area contributed by atoms with Crippen LogP contribution < -0.4 is 5.32 Å². The lowest BCUT2D eigenvalue weighted by Crippen LogP contribution is -2.64. The van der Waals surface area contributed by atoms with Gasteiger partial charge in [-0.05, 0) is 56.1 Å². The van der Waals surface area contributed by atoms with Gasteiger partial charge in [0, 0.05) is 30.9 Å². The topological polar surface area (TPSA) is 83.4 Å². The highest BCUT2D eigenvalue weighted by Gasteiger charge is 2.43. The van der Waals surface area contributed by atoms with Crippen molar-refractivity contribution in [2.24, 2.45) is 11.8 Å². The van der Waals surface area contributed by atoms with Crippen LogP contribution in [0, 0.1) is 11.8 Å². The number of piperidine rings is 3. The minimum Gasteiger partial charge on any atom is -0.346 e. The van der Waals surface area contributed by atoms with Crippen molar-refractivity contribution in [1.29, 1.82) is 0 Å². The van der Waals surface area contributed by atoms with Crippen LogP contribution >= 0.6 is 0 Å². The first kappa shape index (κ1) is 17.4. The van der Waals surface area contributed by atoms with Crippen molar-refractivity contribution < 1.29 is 9.59 Å². The molecule has 1 N–H and O–H groups in total. The molecule has 4 aliphatic rings. The predicted octanol–water partition coefficient (Wildman–Crippen LogP) is 0.550. The number of nitrogens with one attached hydrogen (secondary N) is 1. The molecule has 1 atom stereocenters. The Bertz CT molecular complexity index is 851. The summed E-state index contributed by atoms with van der Waals surface area (Å²) in [5.74, 6) is 0.883. The molecule has 0 aliphatic carbocycles. The Morgan fingerprint density at radius 1 is 0.964 bits per heavy atom. The molecule has 1 aromatic heterocycles. The van der Waals surface area contributed by atoms with Crippen molar-refractivity contribution in [2.75, 3.05) is 32.7 Å². The molecule has 0 saturated carbocycles. The second-order valence-corrected chi connectivity index (χ2v) is 8.07. The summed E-state index contributed by atoms with van der Waals surface area (Å²) in [6, 6.07) is 7.35. The second kappa shape index (κ2) is 7.01. The van der Waals surface area contributed by atoms with Crippen LogP contribution in [0.4, 0.5) is 0 Å². The summed E-state index contributed by atoms with van der Waals surface area (Å²) in [7, 11) is 0. The van der Waals surface area contributed by atoms with Crippen molar-refractivity contribution in [3.63, 3.8) is 0 Å². The molecule has 5 heterocycles. The van der Waals surface area contributed by atoms with Gasteiger partial charge in [0.1, 0.15) is 12.7 Å². The van der Waals surface area contributed by atoms with Crippen LogP contribution in [0.2, 0.25) is 0 Å². The first-order chi connectivity index (χ1) is 13.7. The van der Waals surface area contributed by atoms with E-state index >= 15 is 0 Å². The second-order valence-electron chi connectivity index (χ2n) is 8.07. The average Bonchev–Trinajstić information content (AvgIpc) is 3.25. The maximum atomic E-state index is 12.8. The molecular weight excluding hydrogens is 356 g/mol. The average molecular weight is 380 g/mol. The Labute approximate surface area is 163 Å². The van der Waals surface area contributed by atoms with E-state index in [9.17, 15) is 9.59 Å². The Morgan fingerprint density at radius 2 is 1.64 bits per heavy atom. The zero-order valence-corrected chi connectivity index (χ0v) is 15.7. The summed E-state index contributed by atoms with van der Waals surface area (Å²) in [6.45, 7) is 4.43. The van der Waals surface area contributed by atoms with Crippen LogP contribution in [-0.4, -0.2) is 75.1 Å². The lowest BCUT2D eigenvalue weighted by Gasteiger charge is -2.48. The highest BCUT2D eigenvalue weighted by Crippen LogP contribution is 2.34. The Kier molecular flexibility index (Phi) is 4.35. The van der Waals surface area contributed by atoms with Gasteiger partial charge in [0.05, 0.1) is 12.0 Å². The number of carbonyl (C=O) groups is 2. The van der Waals surface area contributed by atoms with E-state index in [0.717, 1.165) is 38.2 Å². The van der Waals surface area contributed by atoms with Crippen LogP contribution in [0.25, 0.3) is 5.69 Å². The Morgan fingerprint density at radius 3 is 2.25 bits per heavy atom. The number of fused-ring (bicyclic) bond motifs is 3. The van der Waals surface area contributed by atoms with E-state index < -0.39 is 0 Å². The Balaban J connectivity index is 1.13. The molecule has 4 saturated heterocycles. The van der Waals surface area contributed by atoms with E-state index in [4.69, 9.17) is 0 Å². The monoisotopic (exact) mass is 380 g/mol. The van der Waals surface area contributed by atoms with Crippen LogP contribution in [0.3, 0.4) is 0 Å². The van der Waals surface area contributed by atoms with E-state index in [1.54, 1.807) is 29.4 Å². The molecule has 1 aromatic carbocycles. The van der Waals surface area contributed by atoms with Crippen LogP contribution in [0.1, 0.15) is 23.2 Å². The van der Waals surface area contributed by atoms with Gasteiger partial charge in [0.25, 0.3) is 5.91 Å².